The highest BCUT2D eigenvalue weighted by Crippen LogP contribution is 2.41. The summed E-state index contributed by atoms with van der Waals surface area (Å²) in [5.41, 5.74) is 2.47. The van der Waals surface area contributed by atoms with E-state index in [1.807, 2.05) is 72.8 Å². The number of rotatable bonds is 4. The van der Waals surface area contributed by atoms with Gasteiger partial charge in [0.1, 0.15) is 0 Å². The van der Waals surface area contributed by atoms with E-state index in [4.69, 9.17) is 9.47 Å². The Balaban J connectivity index is 2.21. The van der Waals surface area contributed by atoms with Crippen LogP contribution in [0.4, 0.5) is 0 Å². The second kappa shape index (κ2) is 7.83. The van der Waals surface area contributed by atoms with Gasteiger partial charge in [-0.15, -0.1) is 0 Å². The molecule has 0 aliphatic heterocycles. The van der Waals surface area contributed by atoms with Crippen LogP contribution in [0.5, 0.6) is 0 Å². The molecule has 0 radical (unpaired) electrons. The number of hydrogen-bond acceptors (Lipinski definition) is 4. The van der Waals surface area contributed by atoms with E-state index in [2.05, 4.69) is 0 Å². The first kappa shape index (κ1) is 17.7. The number of carbonyl (C=O) groups is 2. The Morgan fingerprint density at radius 2 is 1.00 bits per heavy atom. The maximum atomic E-state index is 12.6. The molecule has 0 saturated carbocycles. The summed E-state index contributed by atoms with van der Waals surface area (Å²) in [6, 6.07) is 19.1. The first-order valence-corrected chi connectivity index (χ1v) is 8.36. The second-order valence-electron chi connectivity index (χ2n) is 5.97. The zero-order valence-corrected chi connectivity index (χ0v) is 14.7. The Hall–Kier alpha value is -3.14. The van der Waals surface area contributed by atoms with Gasteiger partial charge < -0.3 is 9.47 Å². The highest BCUT2D eigenvalue weighted by atomic mass is 16.5. The van der Waals surface area contributed by atoms with Crippen molar-refractivity contribution >= 4 is 11.9 Å². The molecule has 0 fully saturated rings. The number of hydrogen-bond donors (Lipinski definition) is 0. The van der Waals surface area contributed by atoms with Crippen LogP contribution in [0.2, 0.25) is 0 Å². The number of carbonyl (C=O) groups excluding carboxylic acids is 2. The molecule has 0 N–H and O–H groups in total. The average molecular weight is 348 g/mol. The molecule has 2 atom stereocenters. The van der Waals surface area contributed by atoms with Crippen LogP contribution in [-0.2, 0) is 19.1 Å². The molecular weight excluding hydrogens is 328 g/mol. The van der Waals surface area contributed by atoms with Crippen molar-refractivity contribution in [1.82, 2.24) is 0 Å². The van der Waals surface area contributed by atoms with Gasteiger partial charge in [-0.1, -0.05) is 72.8 Å². The Kier molecular flexibility index (Phi) is 5.32. The summed E-state index contributed by atoms with van der Waals surface area (Å²) >= 11 is 0. The predicted molar refractivity (Wildman–Crippen MR) is 98.6 cm³/mol. The Labute approximate surface area is 152 Å². The lowest BCUT2D eigenvalue weighted by molar-refractivity contribution is -0.139. The van der Waals surface area contributed by atoms with Crippen LogP contribution in [0.3, 0.4) is 0 Å². The lowest BCUT2D eigenvalue weighted by Crippen LogP contribution is -2.25. The normalized spacial score (nSPS) is 19.2. The molecule has 0 bridgehead atoms. The molecule has 0 unspecified atom stereocenters. The summed E-state index contributed by atoms with van der Waals surface area (Å²) in [5.74, 6) is -1.77. The van der Waals surface area contributed by atoms with E-state index in [0.29, 0.717) is 11.1 Å². The quantitative estimate of drug-likeness (QED) is 0.623. The van der Waals surface area contributed by atoms with Crippen molar-refractivity contribution in [3.63, 3.8) is 0 Å². The molecule has 0 spiro atoms. The predicted octanol–water partition coefficient (Wildman–Crippen LogP) is 3.77. The topological polar surface area (TPSA) is 52.6 Å². The van der Waals surface area contributed by atoms with Crippen LogP contribution >= 0.6 is 0 Å². The minimum absolute atomic E-state index is 0.321. The maximum Gasteiger partial charge on any atom is 0.335 e. The van der Waals surface area contributed by atoms with Gasteiger partial charge in [0.05, 0.1) is 25.4 Å². The van der Waals surface area contributed by atoms with Gasteiger partial charge in [-0.25, -0.2) is 9.59 Å². The average Bonchev–Trinajstić information content (AvgIpc) is 2.72. The van der Waals surface area contributed by atoms with E-state index < -0.39 is 11.9 Å². The van der Waals surface area contributed by atoms with E-state index >= 15 is 0 Å². The van der Waals surface area contributed by atoms with Crippen molar-refractivity contribution < 1.29 is 19.1 Å². The number of ether oxygens (including phenoxy) is 2. The van der Waals surface area contributed by atoms with Gasteiger partial charge in [0.15, 0.2) is 0 Å². The monoisotopic (exact) mass is 348 g/mol. The van der Waals surface area contributed by atoms with Crippen molar-refractivity contribution in [2.45, 2.75) is 11.8 Å². The SMILES string of the molecule is COC(=O)C1=C(C(=O)OC)[C@@H](c2ccccc2)C=C[C@@H]1c1ccccc1. The number of methoxy groups -OCH3 is 2. The van der Waals surface area contributed by atoms with E-state index in [0.717, 1.165) is 11.1 Å². The minimum Gasteiger partial charge on any atom is -0.466 e. The fraction of sp³-hybridized carbons (Fsp3) is 0.182. The standard InChI is InChI=1S/C22H20O4/c1-25-21(23)19-17(15-9-5-3-6-10-15)13-14-18(20(19)22(24)26-2)16-11-7-4-8-12-16/h3-14,17-18H,1-2H3/t17-,18-/m1/s1. The first-order chi connectivity index (χ1) is 12.7. The summed E-state index contributed by atoms with van der Waals surface area (Å²) in [4.78, 5) is 25.3. The number of esters is 2. The first-order valence-electron chi connectivity index (χ1n) is 8.36. The largest absolute Gasteiger partial charge is 0.466 e. The highest BCUT2D eigenvalue weighted by Gasteiger charge is 2.36. The van der Waals surface area contributed by atoms with Crippen LogP contribution in [0.15, 0.2) is 84.0 Å². The van der Waals surface area contributed by atoms with E-state index in [-0.39, 0.29) is 11.8 Å². The van der Waals surface area contributed by atoms with Crippen molar-refractivity contribution in [2.75, 3.05) is 14.2 Å². The third-order valence-corrected chi connectivity index (χ3v) is 4.54. The van der Waals surface area contributed by atoms with Crippen LogP contribution in [0, 0.1) is 0 Å². The van der Waals surface area contributed by atoms with Crippen molar-refractivity contribution in [3.05, 3.63) is 95.1 Å². The number of benzene rings is 2. The molecule has 2 aromatic rings. The summed E-state index contributed by atoms with van der Waals surface area (Å²) in [6.45, 7) is 0. The minimum atomic E-state index is -0.524. The summed E-state index contributed by atoms with van der Waals surface area (Å²) in [5, 5.41) is 0. The molecule has 0 heterocycles. The maximum absolute atomic E-state index is 12.6. The molecule has 0 saturated heterocycles. The van der Waals surface area contributed by atoms with Crippen LogP contribution < -0.4 is 0 Å². The van der Waals surface area contributed by atoms with Gasteiger partial charge in [0.25, 0.3) is 0 Å². The fourth-order valence-corrected chi connectivity index (χ4v) is 3.32. The smallest absolute Gasteiger partial charge is 0.335 e. The molecule has 0 amide bonds. The molecule has 4 nitrogen and oxygen atoms in total. The molecule has 0 aromatic heterocycles. The highest BCUT2D eigenvalue weighted by molar-refractivity contribution is 6.03. The van der Waals surface area contributed by atoms with Gasteiger partial charge in [-0.05, 0) is 11.1 Å². The second-order valence-corrected chi connectivity index (χ2v) is 5.97. The lowest BCUT2D eigenvalue weighted by Gasteiger charge is -2.28. The Morgan fingerprint density at radius 3 is 1.31 bits per heavy atom. The van der Waals surface area contributed by atoms with Gasteiger partial charge >= 0.3 is 11.9 Å². The van der Waals surface area contributed by atoms with Gasteiger partial charge in [-0.2, -0.15) is 0 Å². The van der Waals surface area contributed by atoms with E-state index in [1.54, 1.807) is 0 Å². The molecule has 4 heteroatoms. The number of allylic oxidation sites excluding steroid dienone is 2. The van der Waals surface area contributed by atoms with E-state index in [1.165, 1.54) is 14.2 Å². The molecule has 3 rings (SSSR count). The zero-order chi connectivity index (χ0) is 18.5. The molecule has 1 aliphatic carbocycles. The van der Waals surface area contributed by atoms with Crippen molar-refractivity contribution in [1.29, 1.82) is 0 Å². The van der Waals surface area contributed by atoms with Gasteiger partial charge in [0.2, 0.25) is 0 Å². The molecule has 26 heavy (non-hydrogen) atoms. The molecule has 132 valence electrons. The third kappa shape index (κ3) is 3.31. The molecular formula is C22H20O4. The van der Waals surface area contributed by atoms with Gasteiger partial charge in [-0.3, -0.25) is 0 Å². The Morgan fingerprint density at radius 1 is 0.654 bits per heavy atom. The fourth-order valence-electron chi connectivity index (χ4n) is 3.32. The van der Waals surface area contributed by atoms with Gasteiger partial charge in [0, 0.05) is 11.8 Å². The van der Waals surface area contributed by atoms with Crippen LogP contribution in [0.25, 0.3) is 0 Å². The summed E-state index contributed by atoms with van der Waals surface area (Å²) < 4.78 is 10.0. The van der Waals surface area contributed by atoms with E-state index in [9.17, 15) is 9.59 Å². The third-order valence-electron chi connectivity index (χ3n) is 4.54. The summed E-state index contributed by atoms with van der Waals surface area (Å²) in [7, 11) is 2.64. The molecule has 1 aliphatic rings. The Bertz CT molecular complexity index is 779. The van der Waals surface area contributed by atoms with Crippen LogP contribution in [0.1, 0.15) is 23.0 Å². The van der Waals surface area contributed by atoms with Crippen molar-refractivity contribution in [3.8, 4) is 0 Å². The lowest BCUT2D eigenvalue weighted by atomic mass is 9.76. The van der Waals surface area contributed by atoms with Crippen molar-refractivity contribution in [2.24, 2.45) is 0 Å². The zero-order valence-electron chi connectivity index (χ0n) is 14.7. The summed E-state index contributed by atoms with van der Waals surface area (Å²) in [6.07, 6.45) is 3.90. The van der Waals surface area contributed by atoms with Crippen LogP contribution in [-0.4, -0.2) is 26.2 Å². The molecule has 2 aromatic carbocycles.